The fourth-order valence-corrected chi connectivity index (χ4v) is 1.40. The van der Waals surface area contributed by atoms with Crippen LogP contribution in [0.2, 0.25) is 0 Å². The fourth-order valence-electron chi connectivity index (χ4n) is 1.06. The number of phosphoric ester groups is 1. The highest BCUT2D eigenvalue weighted by molar-refractivity contribution is 7.46. The van der Waals surface area contributed by atoms with Gasteiger partial charge < -0.3 is 51.0 Å². The molecule has 0 aromatic carbocycles. The first-order chi connectivity index (χ1) is 11.2. The van der Waals surface area contributed by atoms with Crippen LogP contribution >= 0.6 is 7.82 Å². The van der Waals surface area contributed by atoms with Crippen molar-refractivity contribution in [3.8, 4) is 0 Å². The Morgan fingerprint density at radius 1 is 1.08 bits per heavy atom. The summed E-state index contributed by atoms with van der Waals surface area (Å²) < 4.78 is 14.1. The molecular weight excluding hydrogens is 373 g/mol. The van der Waals surface area contributed by atoms with Gasteiger partial charge in [0.05, 0.1) is 13.0 Å². The number of hydrogen-bond acceptors (Lipinski definition) is 10. The van der Waals surface area contributed by atoms with E-state index in [1.165, 1.54) is 0 Å². The molecule has 0 spiro atoms. The van der Waals surface area contributed by atoms with Gasteiger partial charge in [-0.05, 0) is 0 Å². The molecule has 0 saturated heterocycles. The van der Waals surface area contributed by atoms with Gasteiger partial charge in [-0.15, -0.1) is 0 Å². The third-order valence-electron chi connectivity index (χ3n) is 2.36. The van der Waals surface area contributed by atoms with Crippen molar-refractivity contribution < 1.29 is 63.9 Å². The molecule has 0 aliphatic carbocycles. The summed E-state index contributed by atoms with van der Waals surface area (Å²) in [4.78, 5) is 46.2. The van der Waals surface area contributed by atoms with E-state index in [9.17, 15) is 18.9 Å². The molecule has 0 radical (unpaired) electrons. The number of aldehydes is 1. The number of rotatable bonds is 10. The first-order valence-electron chi connectivity index (χ1n) is 6.30. The van der Waals surface area contributed by atoms with E-state index in [1.54, 1.807) is 0 Å². The Labute approximate surface area is 140 Å². The Morgan fingerprint density at radius 3 is 1.84 bits per heavy atom. The number of carboxylic acid groups (broad SMARTS) is 2. The second-order valence-electron chi connectivity index (χ2n) is 4.50. The SMILES string of the molecule is N[C@@H](CC(=O)O)C(=O)O.O=C[C@H](O)[C@@H](O)[C@H](O)[C@H](O)COP(=O)(O)O. The second-order valence-corrected chi connectivity index (χ2v) is 5.74. The van der Waals surface area contributed by atoms with Crippen LogP contribution in [0.15, 0.2) is 0 Å². The average Bonchev–Trinajstić information content (AvgIpc) is 2.49. The van der Waals surface area contributed by atoms with E-state index in [4.69, 9.17) is 46.2 Å². The summed E-state index contributed by atoms with van der Waals surface area (Å²) >= 11 is 0. The number of aliphatic carboxylic acids is 2. The summed E-state index contributed by atoms with van der Waals surface area (Å²) in [6, 6.07) is -1.29. The zero-order chi connectivity index (χ0) is 20.4. The molecule has 5 atom stereocenters. The van der Waals surface area contributed by atoms with E-state index < -0.39 is 63.2 Å². The normalized spacial score (nSPS) is 17.2. The monoisotopic (exact) mass is 393 g/mol. The van der Waals surface area contributed by atoms with E-state index in [1.807, 2.05) is 0 Å². The molecule has 0 aromatic heterocycles. The molecule has 14 nitrogen and oxygen atoms in total. The molecule has 0 bridgehead atoms. The van der Waals surface area contributed by atoms with Crippen molar-refractivity contribution in [2.45, 2.75) is 36.9 Å². The molecule has 0 aromatic rings. The summed E-state index contributed by atoms with van der Waals surface area (Å²) in [5, 5.41) is 52.1. The summed E-state index contributed by atoms with van der Waals surface area (Å²) in [7, 11) is -4.80. The van der Waals surface area contributed by atoms with E-state index >= 15 is 0 Å². The summed E-state index contributed by atoms with van der Waals surface area (Å²) in [6.45, 7) is -0.964. The van der Waals surface area contributed by atoms with Crippen molar-refractivity contribution in [3.63, 3.8) is 0 Å². The quantitative estimate of drug-likeness (QED) is 0.125. The lowest BCUT2D eigenvalue weighted by atomic mass is 10.0. The molecule has 0 aliphatic heterocycles. The minimum atomic E-state index is -4.80. The van der Waals surface area contributed by atoms with E-state index in [-0.39, 0.29) is 6.29 Å². The summed E-state index contributed by atoms with van der Waals surface area (Å²) in [6.07, 6.45) is -8.34. The van der Waals surface area contributed by atoms with Crippen LogP contribution in [0.5, 0.6) is 0 Å². The highest BCUT2D eigenvalue weighted by Crippen LogP contribution is 2.35. The highest BCUT2D eigenvalue weighted by atomic mass is 31.2. The van der Waals surface area contributed by atoms with Gasteiger partial charge in [-0.25, -0.2) is 4.57 Å². The van der Waals surface area contributed by atoms with Gasteiger partial charge in [0.2, 0.25) is 0 Å². The number of aliphatic hydroxyl groups is 4. The van der Waals surface area contributed by atoms with Gasteiger partial charge in [-0.2, -0.15) is 0 Å². The van der Waals surface area contributed by atoms with Gasteiger partial charge in [0.25, 0.3) is 0 Å². The molecule has 0 heterocycles. The molecule has 0 rings (SSSR count). The van der Waals surface area contributed by atoms with Crippen molar-refractivity contribution in [2.24, 2.45) is 5.73 Å². The van der Waals surface area contributed by atoms with Crippen molar-refractivity contribution >= 4 is 26.0 Å². The van der Waals surface area contributed by atoms with Crippen LogP contribution in [-0.2, 0) is 23.5 Å². The van der Waals surface area contributed by atoms with Crippen LogP contribution in [0, 0.1) is 0 Å². The van der Waals surface area contributed by atoms with Crippen LogP contribution in [0.1, 0.15) is 6.42 Å². The number of carbonyl (C=O) groups is 3. The van der Waals surface area contributed by atoms with Gasteiger partial charge in [-0.3, -0.25) is 14.1 Å². The van der Waals surface area contributed by atoms with E-state index in [2.05, 4.69) is 4.52 Å². The molecule has 0 amide bonds. The van der Waals surface area contributed by atoms with Crippen LogP contribution in [0.4, 0.5) is 0 Å². The number of carbonyl (C=O) groups excluding carboxylic acids is 1. The van der Waals surface area contributed by atoms with Gasteiger partial charge in [-0.1, -0.05) is 0 Å². The van der Waals surface area contributed by atoms with E-state index in [0.717, 1.165) is 0 Å². The number of hydrogen-bond donors (Lipinski definition) is 9. The Morgan fingerprint density at radius 2 is 1.56 bits per heavy atom. The van der Waals surface area contributed by atoms with Crippen LogP contribution in [0.25, 0.3) is 0 Å². The standard InChI is InChI=1S/C6H13O9P.C4H7NO4/c7-1-3(8)5(10)6(11)4(9)2-15-16(12,13)14;5-2(4(8)9)1-3(6)7/h1,3-6,8-11H,2H2,(H2,12,13,14);2H,1,5H2,(H,6,7)(H,8,9)/t3-,4+,5+,6+;2-/m00/s1. The predicted octanol–water partition coefficient (Wildman–Crippen LogP) is -4.39. The van der Waals surface area contributed by atoms with Crippen LogP contribution < -0.4 is 5.73 Å². The Balaban J connectivity index is 0. The van der Waals surface area contributed by atoms with Crippen molar-refractivity contribution in [3.05, 3.63) is 0 Å². The lowest BCUT2D eigenvalue weighted by molar-refractivity contribution is -0.144. The zero-order valence-electron chi connectivity index (χ0n) is 12.5. The third-order valence-corrected chi connectivity index (χ3v) is 2.84. The smallest absolute Gasteiger partial charge is 0.469 e. The first kappa shape index (κ1) is 25.8. The zero-order valence-corrected chi connectivity index (χ0v) is 13.4. The van der Waals surface area contributed by atoms with Gasteiger partial charge in [0.1, 0.15) is 30.5 Å². The highest BCUT2D eigenvalue weighted by Gasteiger charge is 2.31. The van der Waals surface area contributed by atoms with Crippen LogP contribution in [-0.4, -0.2) is 95.7 Å². The van der Waals surface area contributed by atoms with Crippen molar-refractivity contribution in [2.75, 3.05) is 6.61 Å². The maximum atomic E-state index is 10.2. The lowest BCUT2D eigenvalue weighted by Gasteiger charge is -2.23. The molecule has 148 valence electrons. The third kappa shape index (κ3) is 13.5. The molecule has 0 saturated carbocycles. The summed E-state index contributed by atoms with van der Waals surface area (Å²) in [5.41, 5.74) is 4.84. The first-order valence-corrected chi connectivity index (χ1v) is 7.83. The Bertz CT molecular complexity index is 479. The fraction of sp³-hybridized carbons (Fsp3) is 0.700. The number of phosphoric acid groups is 1. The summed E-state index contributed by atoms with van der Waals surface area (Å²) in [5.74, 6) is -2.50. The molecule has 0 unspecified atom stereocenters. The molecule has 25 heavy (non-hydrogen) atoms. The second kappa shape index (κ2) is 12.0. The predicted molar refractivity (Wildman–Crippen MR) is 76.0 cm³/mol. The molecule has 0 aliphatic rings. The van der Waals surface area contributed by atoms with Gasteiger partial charge in [0, 0.05) is 0 Å². The Kier molecular flexibility index (Phi) is 12.3. The Hall–Kier alpha value is -1.48. The molecular formula is C10H20NO13P. The molecule has 0 fully saturated rings. The van der Waals surface area contributed by atoms with Gasteiger partial charge >= 0.3 is 19.8 Å². The lowest BCUT2D eigenvalue weighted by Crippen LogP contribution is -2.46. The van der Waals surface area contributed by atoms with Crippen molar-refractivity contribution in [1.29, 1.82) is 0 Å². The largest absolute Gasteiger partial charge is 0.481 e. The van der Waals surface area contributed by atoms with Gasteiger partial charge in [0.15, 0.2) is 6.29 Å². The number of nitrogens with two attached hydrogens (primary N) is 1. The topological polar surface area (TPSA) is 265 Å². The maximum absolute atomic E-state index is 10.2. The minimum absolute atomic E-state index is 0.0650. The van der Waals surface area contributed by atoms with Crippen molar-refractivity contribution in [1.82, 2.24) is 0 Å². The maximum Gasteiger partial charge on any atom is 0.469 e. The number of aliphatic hydroxyl groups excluding tert-OH is 4. The van der Waals surface area contributed by atoms with E-state index in [0.29, 0.717) is 0 Å². The molecule has 10 N–H and O–H groups in total. The average molecular weight is 393 g/mol. The minimum Gasteiger partial charge on any atom is -0.481 e. The molecule has 15 heteroatoms. The number of carboxylic acids is 2. The van der Waals surface area contributed by atoms with Crippen LogP contribution in [0.3, 0.4) is 0 Å².